The summed E-state index contributed by atoms with van der Waals surface area (Å²) in [7, 11) is 3.04. The Balaban J connectivity index is 2.03. The molecular formula is C22H23N3O5. The van der Waals surface area contributed by atoms with Crippen molar-refractivity contribution in [2.24, 2.45) is 0 Å². The number of carbonyl (C=O) groups excluding carboxylic acids is 3. The Morgan fingerprint density at radius 3 is 2.33 bits per heavy atom. The molecule has 8 heteroatoms. The molecule has 0 radical (unpaired) electrons. The molecule has 0 bridgehead atoms. The maximum absolute atomic E-state index is 13.1. The molecule has 2 N–H and O–H groups in total. The second kappa shape index (κ2) is 9.23. The van der Waals surface area contributed by atoms with Crippen LogP contribution in [0.1, 0.15) is 12.5 Å². The number of amides is 3. The average Bonchev–Trinajstić information content (AvgIpc) is 2.96. The van der Waals surface area contributed by atoms with Gasteiger partial charge in [0.1, 0.15) is 11.4 Å². The first-order valence-corrected chi connectivity index (χ1v) is 9.33. The van der Waals surface area contributed by atoms with Crippen molar-refractivity contribution in [3.8, 4) is 5.75 Å². The van der Waals surface area contributed by atoms with Crippen LogP contribution in [0.5, 0.6) is 5.75 Å². The molecule has 0 unspecified atom stereocenters. The van der Waals surface area contributed by atoms with Gasteiger partial charge in [0, 0.05) is 19.7 Å². The topological polar surface area (TPSA) is 97.0 Å². The maximum Gasteiger partial charge on any atom is 0.278 e. The highest BCUT2D eigenvalue weighted by Gasteiger charge is 2.39. The molecule has 1 aliphatic heterocycles. The van der Waals surface area contributed by atoms with E-state index in [0.717, 1.165) is 4.90 Å². The van der Waals surface area contributed by atoms with E-state index in [-0.39, 0.29) is 30.3 Å². The van der Waals surface area contributed by atoms with Crippen LogP contribution in [0, 0.1) is 0 Å². The third-order valence-corrected chi connectivity index (χ3v) is 4.55. The lowest BCUT2D eigenvalue weighted by molar-refractivity contribution is -0.137. The number of carbonyl (C=O) groups is 3. The zero-order valence-corrected chi connectivity index (χ0v) is 17.0. The molecular weight excluding hydrogens is 386 g/mol. The van der Waals surface area contributed by atoms with Gasteiger partial charge in [-0.25, -0.2) is 0 Å². The molecule has 0 spiro atoms. The second-order valence-corrected chi connectivity index (χ2v) is 6.59. The molecule has 30 heavy (non-hydrogen) atoms. The summed E-state index contributed by atoms with van der Waals surface area (Å²) >= 11 is 0. The first kappa shape index (κ1) is 21.1. The highest BCUT2D eigenvalue weighted by molar-refractivity contribution is 6.36. The molecule has 2 aromatic rings. The number of benzene rings is 2. The Kier molecular flexibility index (Phi) is 6.48. The Hall–Kier alpha value is -3.65. The van der Waals surface area contributed by atoms with Crippen molar-refractivity contribution in [1.82, 2.24) is 4.90 Å². The van der Waals surface area contributed by atoms with Gasteiger partial charge in [0.05, 0.1) is 31.5 Å². The van der Waals surface area contributed by atoms with Crippen LogP contribution in [0.25, 0.3) is 5.57 Å². The summed E-state index contributed by atoms with van der Waals surface area (Å²) in [6, 6.07) is 13.9. The SMILES string of the molecule is COCCN1C(=O)C(Nc2ccccc2OC)=C(c2ccc(NC(C)=O)cc2)C1=O. The third kappa shape index (κ3) is 4.33. The van der Waals surface area contributed by atoms with E-state index in [1.807, 2.05) is 6.07 Å². The highest BCUT2D eigenvalue weighted by Crippen LogP contribution is 2.33. The van der Waals surface area contributed by atoms with E-state index < -0.39 is 11.8 Å². The average molecular weight is 409 g/mol. The third-order valence-electron chi connectivity index (χ3n) is 4.55. The molecule has 3 amide bonds. The maximum atomic E-state index is 13.1. The largest absolute Gasteiger partial charge is 0.495 e. The first-order chi connectivity index (χ1) is 14.5. The molecule has 1 heterocycles. The van der Waals surface area contributed by atoms with Gasteiger partial charge in [0.2, 0.25) is 5.91 Å². The van der Waals surface area contributed by atoms with E-state index in [1.165, 1.54) is 21.1 Å². The lowest BCUT2D eigenvalue weighted by atomic mass is 10.0. The van der Waals surface area contributed by atoms with E-state index in [0.29, 0.717) is 22.7 Å². The minimum absolute atomic E-state index is 0.138. The van der Waals surface area contributed by atoms with E-state index in [4.69, 9.17) is 9.47 Å². The minimum Gasteiger partial charge on any atom is -0.495 e. The number of anilines is 2. The van der Waals surface area contributed by atoms with Crippen molar-refractivity contribution in [1.29, 1.82) is 0 Å². The van der Waals surface area contributed by atoms with Crippen molar-refractivity contribution in [2.75, 3.05) is 38.0 Å². The van der Waals surface area contributed by atoms with Crippen LogP contribution in [0.2, 0.25) is 0 Å². The lowest BCUT2D eigenvalue weighted by Gasteiger charge is -2.15. The van der Waals surface area contributed by atoms with Gasteiger partial charge in [0.25, 0.3) is 11.8 Å². The number of hydrogen-bond acceptors (Lipinski definition) is 6. The molecule has 0 aromatic heterocycles. The van der Waals surface area contributed by atoms with Gasteiger partial charge >= 0.3 is 0 Å². The second-order valence-electron chi connectivity index (χ2n) is 6.59. The quantitative estimate of drug-likeness (QED) is 0.651. The number of hydrogen-bond donors (Lipinski definition) is 2. The Morgan fingerprint density at radius 1 is 1.00 bits per heavy atom. The molecule has 8 nitrogen and oxygen atoms in total. The smallest absolute Gasteiger partial charge is 0.278 e. The summed E-state index contributed by atoms with van der Waals surface area (Å²) in [5.41, 5.74) is 2.13. The molecule has 1 aliphatic rings. The fraction of sp³-hybridized carbons (Fsp3) is 0.227. The van der Waals surface area contributed by atoms with Crippen molar-refractivity contribution >= 4 is 34.7 Å². The Morgan fingerprint density at radius 2 is 1.70 bits per heavy atom. The molecule has 0 fully saturated rings. The molecule has 156 valence electrons. The van der Waals surface area contributed by atoms with Crippen LogP contribution in [-0.4, -0.2) is 50.0 Å². The van der Waals surface area contributed by atoms with Crippen molar-refractivity contribution in [3.05, 3.63) is 59.8 Å². The normalized spacial score (nSPS) is 13.6. The van der Waals surface area contributed by atoms with Gasteiger partial charge in [-0.05, 0) is 29.8 Å². The summed E-state index contributed by atoms with van der Waals surface area (Å²) in [6.45, 7) is 1.78. The summed E-state index contributed by atoms with van der Waals surface area (Å²) in [6.07, 6.45) is 0. The van der Waals surface area contributed by atoms with Crippen LogP contribution in [-0.2, 0) is 19.1 Å². The van der Waals surface area contributed by atoms with Crippen LogP contribution in [0.4, 0.5) is 11.4 Å². The van der Waals surface area contributed by atoms with Crippen LogP contribution in [0.3, 0.4) is 0 Å². The van der Waals surface area contributed by atoms with Crippen molar-refractivity contribution in [3.63, 3.8) is 0 Å². The zero-order valence-electron chi connectivity index (χ0n) is 17.0. The van der Waals surface area contributed by atoms with E-state index in [2.05, 4.69) is 10.6 Å². The van der Waals surface area contributed by atoms with E-state index >= 15 is 0 Å². The summed E-state index contributed by atoms with van der Waals surface area (Å²) in [4.78, 5) is 38.5. The molecule has 2 aromatic carbocycles. The molecule has 3 rings (SSSR count). The number of para-hydroxylation sites is 2. The number of nitrogens with zero attached hydrogens (tertiary/aromatic N) is 1. The molecule has 0 atom stereocenters. The fourth-order valence-corrected chi connectivity index (χ4v) is 3.15. The summed E-state index contributed by atoms with van der Waals surface area (Å²) in [5, 5.41) is 5.75. The van der Waals surface area contributed by atoms with Crippen LogP contribution in [0.15, 0.2) is 54.2 Å². The fourth-order valence-electron chi connectivity index (χ4n) is 3.15. The monoisotopic (exact) mass is 409 g/mol. The summed E-state index contributed by atoms with van der Waals surface area (Å²) in [5.74, 6) is -0.509. The lowest BCUT2D eigenvalue weighted by Crippen LogP contribution is -2.35. The predicted molar refractivity (Wildman–Crippen MR) is 113 cm³/mol. The molecule has 0 aliphatic carbocycles. The van der Waals surface area contributed by atoms with Gasteiger partial charge in [0.15, 0.2) is 0 Å². The van der Waals surface area contributed by atoms with Gasteiger partial charge in [-0.15, -0.1) is 0 Å². The zero-order chi connectivity index (χ0) is 21.7. The number of rotatable bonds is 8. The van der Waals surface area contributed by atoms with Gasteiger partial charge in [-0.2, -0.15) is 0 Å². The minimum atomic E-state index is -0.441. The van der Waals surface area contributed by atoms with Crippen LogP contribution >= 0.6 is 0 Å². The number of imide groups is 1. The van der Waals surface area contributed by atoms with E-state index in [9.17, 15) is 14.4 Å². The highest BCUT2D eigenvalue weighted by atomic mass is 16.5. The van der Waals surface area contributed by atoms with Gasteiger partial charge in [-0.1, -0.05) is 24.3 Å². The number of ether oxygens (including phenoxy) is 2. The number of nitrogens with one attached hydrogen (secondary N) is 2. The van der Waals surface area contributed by atoms with Crippen molar-refractivity contribution < 1.29 is 23.9 Å². The Bertz CT molecular complexity index is 998. The number of methoxy groups -OCH3 is 2. The summed E-state index contributed by atoms with van der Waals surface area (Å²) < 4.78 is 10.4. The van der Waals surface area contributed by atoms with E-state index in [1.54, 1.807) is 42.5 Å². The standard InChI is InChI=1S/C22H23N3O5/c1-14(26)23-16-10-8-15(9-11-16)19-20(22(28)25(21(19)27)12-13-29-2)24-17-6-4-5-7-18(17)30-3/h4-11,24H,12-13H2,1-3H3,(H,23,26). The van der Waals surface area contributed by atoms with Gasteiger partial charge < -0.3 is 20.1 Å². The van der Waals surface area contributed by atoms with Crippen LogP contribution < -0.4 is 15.4 Å². The van der Waals surface area contributed by atoms with Gasteiger partial charge in [-0.3, -0.25) is 19.3 Å². The predicted octanol–water partition coefficient (Wildman–Crippen LogP) is 2.49. The molecule has 0 saturated carbocycles. The molecule has 0 saturated heterocycles. The van der Waals surface area contributed by atoms with Crippen molar-refractivity contribution in [2.45, 2.75) is 6.92 Å². The first-order valence-electron chi connectivity index (χ1n) is 9.33. The Labute approximate surface area is 174 Å².